The number of aromatic nitrogens is 2. The van der Waals surface area contributed by atoms with Crippen LogP contribution in [-0.2, 0) is 6.54 Å². The molecule has 3 rings (SSSR count). The van der Waals surface area contributed by atoms with Gasteiger partial charge in [-0.2, -0.15) is 5.10 Å². The molecular weight excluding hydrogens is 376 g/mol. The van der Waals surface area contributed by atoms with Crippen LogP contribution in [0.15, 0.2) is 35.6 Å². The molecule has 1 aliphatic rings. The van der Waals surface area contributed by atoms with Gasteiger partial charge in [0.25, 0.3) is 0 Å². The van der Waals surface area contributed by atoms with Gasteiger partial charge in [0.15, 0.2) is 5.96 Å². The fraction of sp³-hybridized carbons (Fsp3) is 0.500. The minimum absolute atomic E-state index is 0.313. The zero-order valence-electron chi connectivity index (χ0n) is 16.8. The lowest BCUT2D eigenvalue weighted by molar-refractivity contribution is 0.415. The molecule has 28 heavy (non-hydrogen) atoms. The van der Waals surface area contributed by atoms with Crippen LogP contribution in [0, 0.1) is 6.92 Å². The van der Waals surface area contributed by atoms with Crippen LogP contribution in [0.1, 0.15) is 18.9 Å². The molecule has 2 N–H and O–H groups in total. The highest BCUT2D eigenvalue weighted by molar-refractivity contribution is 6.30. The van der Waals surface area contributed by atoms with Gasteiger partial charge in [-0.25, -0.2) is 0 Å². The smallest absolute Gasteiger partial charge is 0.191 e. The van der Waals surface area contributed by atoms with Crippen molar-refractivity contribution in [1.82, 2.24) is 20.4 Å². The number of aryl methyl sites for hydroxylation is 1. The number of halogens is 1. The number of anilines is 1. The Morgan fingerprint density at radius 1 is 1.43 bits per heavy atom. The van der Waals surface area contributed by atoms with Crippen molar-refractivity contribution in [2.24, 2.45) is 4.99 Å². The molecule has 0 radical (unpaired) electrons. The molecule has 0 aliphatic carbocycles. The fourth-order valence-electron chi connectivity index (χ4n) is 3.37. The van der Waals surface area contributed by atoms with Gasteiger partial charge in [-0.1, -0.05) is 11.6 Å². The van der Waals surface area contributed by atoms with Crippen LogP contribution in [0.4, 0.5) is 5.69 Å². The molecule has 0 amide bonds. The van der Waals surface area contributed by atoms with E-state index in [1.165, 1.54) is 0 Å². The molecule has 1 aromatic carbocycles. The Balaban J connectivity index is 1.58. The van der Waals surface area contributed by atoms with Crippen molar-refractivity contribution in [2.45, 2.75) is 32.9 Å². The van der Waals surface area contributed by atoms with Crippen LogP contribution in [0.5, 0.6) is 5.75 Å². The number of rotatable bonds is 7. The van der Waals surface area contributed by atoms with E-state index in [1.807, 2.05) is 42.2 Å². The van der Waals surface area contributed by atoms with Gasteiger partial charge in [0.05, 0.1) is 32.1 Å². The third-order valence-electron chi connectivity index (χ3n) is 4.72. The maximum Gasteiger partial charge on any atom is 0.191 e. The molecule has 0 bridgehead atoms. The summed E-state index contributed by atoms with van der Waals surface area (Å²) in [7, 11) is 1.69. The molecule has 0 saturated carbocycles. The summed E-state index contributed by atoms with van der Waals surface area (Å²) < 4.78 is 7.42. The molecule has 2 aromatic rings. The standard InChI is InChI=1S/C20H29ClN6O/c1-4-22-20(23-8-10-27-13-15(2)12-24-27)25-17-7-9-26(14-17)18-11-16(21)5-6-19(18)28-3/h5-6,11-13,17H,4,7-10,14H2,1-3H3,(H2,22,23,25). The van der Waals surface area contributed by atoms with E-state index in [-0.39, 0.29) is 0 Å². The van der Waals surface area contributed by atoms with Crippen LogP contribution in [-0.4, -0.2) is 55.1 Å². The third-order valence-corrected chi connectivity index (χ3v) is 4.95. The lowest BCUT2D eigenvalue weighted by Crippen LogP contribution is -2.44. The van der Waals surface area contributed by atoms with Crippen molar-refractivity contribution < 1.29 is 4.74 Å². The van der Waals surface area contributed by atoms with Crippen LogP contribution in [0.2, 0.25) is 5.02 Å². The first-order chi connectivity index (χ1) is 13.6. The minimum atomic E-state index is 0.313. The largest absolute Gasteiger partial charge is 0.495 e. The number of aliphatic imine (C=N–C) groups is 1. The summed E-state index contributed by atoms with van der Waals surface area (Å²) in [5.74, 6) is 1.69. The number of hydrogen-bond acceptors (Lipinski definition) is 4. The van der Waals surface area contributed by atoms with Crippen molar-refractivity contribution in [2.75, 3.05) is 38.2 Å². The quantitative estimate of drug-likeness (QED) is 0.548. The highest BCUT2D eigenvalue weighted by Crippen LogP contribution is 2.33. The van der Waals surface area contributed by atoms with E-state index < -0.39 is 0 Å². The van der Waals surface area contributed by atoms with E-state index >= 15 is 0 Å². The van der Waals surface area contributed by atoms with E-state index in [2.05, 4.69) is 27.6 Å². The average molecular weight is 405 g/mol. The highest BCUT2D eigenvalue weighted by atomic mass is 35.5. The fourth-order valence-corrected chi connectivity index (χ4v) is 3.54. The Labute approximate surface area is 171 Å². The number of methoxy groups -OCH3 is 1. The molecule has 1 unspecified atom stereocenters. The van der Waals surface area contributed by atoms with Crippen LogP contribution < -0.4 is 20.3 Å². The van der Waals surface area contributed by atoms with Gasteiger partial charge in [0.2, 0.25) is 0 Å². The number of ether oxygens (including phenoxy) is 1. The molecule has 7 nitrogen and oxygen atoms in total. The Morgan fingerprint density at radius 3 is 3.00 bits per heavy atom. The van der Waals surface area contributed by atoms with E-state index in [0.717, 1.165) is 60.6 Å². The van der Waals surface area contributed by atoms with Crippen LogP contribution >= 0.6 is 11.6 Å². The number of hydrogen-bond donors (Lipinski definition) is 2. The summed E-state index contributed by atoms with van der Waals surface area (Å²) in [6.45, 7) is 8.20. The second-order valence-corrected chi connectivity index (χ2v) is 7.37. The van der Waals surface area contributed by atoms with Gasteiger partial charge in [0.1, 0.15) is 5.75 Å². The second kappa shape index (κ2) is 9.68. The Kier molecular flexibility index (Phi) is 7.03. The van der Waals surface area contributed by atoms with E-state index in [0.29, 0.717) is 12.6 Å². The second-order valence-electron chi connectivity index (χ2n) is 6.93. The third kappa shape index (κ3) is 5.32. The first kappa shape index (κ1) is 20.3. The monoisotopic (exact) mass is 404 g/mol. The topological polar surface area (TPSA) is 66.7 Å². The van der Waals surface area contributed by atoms with Gasteiger partial charge < -0.3 is 20.3 Å². The number of guanidine groups is 1. The Morgan fingerprint density at radius 2 is 2.29 bits per heavy atom. The van der Waals surface area contributed by atoms with Crippen molar-refractivity contribution in [3.05, 3.63) is 41.2 Å². The predicted octanol–water partition coefficient (Wildman–Crippen LogP) is 2.69. The van der Waals surface area contributed by atoms with Crippen molar-refractivity contribution in [1.29, 1.82) is 0 Å². The Hall–Kier alpha value is -2.41. The molecular formula is C20H29ClN6O. The average Bonchev–Trinajstić information content (AvgIpc) is 3.31. The minimum Gasteiger partial charge on any atom is -0.495 e. The first-order valence-corrected chi connectivity index (χ1v) is 10.1. The molecule has 1 saturated heterocycles. The van der Waals surface area contributed by atoms with Crippen LogP contribution in [0.25, 0.3) is 0 Å². The number of nitrogens with zero attached hydrogens (tertiary/aromatic N) is 4. The van der Waals surface area contributed by atoms with Gasteiger partial charge in [0, 0.05) is 36.9 Å². The first-order valence-electron chi connectivity index (χ1n) is 9.71. The van der Waals surface area contributed by atoms with Gasteiger partial charge in [-0.05, 0) is 44.0 Å². The summed E-state index contributed by atoms with van der Waals surface area (Å²) in [6.07, 6.45) is 4.92. The molecule has 8 heteroatoms. The van der Waals surface area contributed by atoms with Crippen LogP contribution in [0.3, 0.4) is 0 Å². The zero-order valence-corrected chi connectivity index (χ0v) is 17.5. The summed E-state index contributed by atoms with van der Waals surface area (Å²) in [4.78, 5) is 7.00. The lowest BCUT2D eigenvalue weighted by Gasteiger charge is -2.22. The van der Waals surface area contributed by atoms with Crippen molar-refractivity contribution >= 4 is 23.2 Å². The summed E-state index contributed by atoms with van der Waals surface area (Å²) >= 11 is 6.19. The predicted molar refractivity (Wildman–Crippen MR) is 115 cm³/mol. The van der Waals surface area contributed by atoms with Gasteiger partial charge in [-0.3, -0.25) is 9.67 Å². The summed E-state index contributed by atoms with van der Waals surface area (Å²) in [6, 6.07) is 6.05. The number of nitrogens with one attached hydrogen (secondary N) is 2. The highest BCUT2D eigenvalue weighted by Gasteiger charge is 2.25. The van der Waals surface area contributed by atoms with Crippen molar-refractivity contribution in [3.63, 3.8) is 0 Å². The van der Waals surface area contributed by atoms with E-state index in [1.54, 1.807) is 7.11 Å². The maximum atomic E-state index is 6.19. The van der Waals surface area contributed by atoms with E-state index in [4.69, 9.17) is 21.3 Å². The van der Waals surface area contributed by atoms with Gasteiger partial charge in [-0.15, -0.1) is 0 Å². The van der Waals surface area contributed by atoms with Gasteiger partial charge >= 0.3 is 0 Å². The maximum absolute atomic E-state index is 6.19. The SMILES string of the molecule is CCNC(=NCCn1cc(C)cn1)NC1CCN(c2cc(Cl)ccc2OC)C1. The molecule has 1 aliphatic heterocycles. The summed E-state index contributed by atoms with van der Waals surface area (Å²) in [5, 5.41) is 11.9. The summed E-state index contributed by atoms with van der Waals surface area (Å²) in [5.41, 5.74) is 2.20. The lowest BCUT2D eigenvalue weighted by atomic mass is 10.2. The normalized spacial score (nSPS) is 17.1. The van der Waals surface area contributed by atoms with E-state index in [9.17, 15) is 0 Å². The molecule has 1 atom stereocenters. The van der Waals surface area contributed by atoms with Crippen molar-refractivity contribution in [3.8, 4) is 5.75 Å². The molecule has 1 aromatic heterocycles. The number of benzene rings is 1. The molecule has 2 heterocycles. The molecule has 0 spiro atoms. The Bertz CT molecular complexity index is 806. The molecule has 1 fully saturated rings. The zero-order chi connectivity index (χ0) is 19.9. The molecule has 152 valence electrons.